The molecule has 0 atom stereocenters. The van der Waals surface area contributed by atoms with E-state index in [-0.39, 0.29) is 18.9 Å². The summed E-state index contributed by atoms with van der Waals surface area (Å²) in [5, 5.41) is 9.54. The van der Waals surface area contributed by atoms with Crippen LogP contribution in [0.2, 0.25) is 0 Å². The van der Waals surface area contributed by atoms with Crippen molar-refractivity contribution in [2.75, 3.05) is 19.8 Å². The molecule has 0 aliphatic carbocycles. The van der Waals surface area contributed by atoms with Crippen LogP contribution in [0.25, 0.3) is 21.8 Å². The van der Waals surface area contributed by atoms with Crippen LogP contribution in [0.1, 0.15) is 25.0 Å². The number of carbonyl (C=O) groups is 1. The van der Waals surface area contributed by atoms with Crippen molar-refractivity contribution in [1.29, 1.82) is 0 Å². The predicted octanol–water partition coefficient (Wildman–Crippen LogP) is 4.85. The molecule has 1 N–H and O–H groups in total. The molecule has 0 spiro atoms. The maximum Gasteiger partial charge on any atom is 0.390 e. The number of hydrogen-bond acceptors (Lipinski definition) is 5. The van der Waals surface area contributed by atoms with Gasteiger partial charge in [-0.05, 0) is 43.0 Å². The Morgan fingerprint density at radius 3 is 2.65 bits per heavy atom. The van der Waals surface area contributed by atoms with Crippen LogP contribution < -0.4 is 5.32 Å². The summed E-state index contributed by atoms with van der Waals surface area (Å²) >= 11 is 1.28. The smallest absolute Gasteiger partial charge is 0.381 e. The monoisotopic (exact) mass is 496 g/mol. The highest BCUT2D eigenvalue weighted by Crippen LogP contribution is 2.34. The van der Waals surface area contributed by atoms with E-state index in [2.05, 4.69) is 15.4 Å². The van der Waals surface area contributed by atoms with E-state index < -0.39 is 18.4 Å². The van der Waals surface area contributed by atoms with Crippen molar-refractivity contribution in [2.45, 2.75) is 38.4 Å². The third-order valence-corrected chi connectivity index (χ3v) is 6.48. The summed E-state index contributed by atoms with van der Waals surface area (Å²) in [6.45, 7) is 1.68. The number of benzene rings is 1. The second-order valence-electron chi connectivity index (χ2n) is 8.21. The first-order valence-corrected chi connectivity index (χ1v) is 11.8. The van der Waals surface area contributed by atoms with E-state index in [1.807, 2.05) is 0 Å². The molecule has 1 saturated heterocycles. The lowest BCUT2D eigenvalue weighted by Gasteiger charge is -2.22. The number of hydrogen-bond donors (Lipinski definition) is 1. The zero-order valence-corrected chi connectivity index (χ0v) is 19.1. The van der Waals surface area contributed by atoms with E-state index in [9.17, 15) is 22.4 Å². The molecule has 1 aliphatic rings. The maximum absolute atomic E-state index is 13.4. The molecule has 182 valence electrons. The Morgan fingerprint density at radius 2 is 1.94 bits per heavy atom. The Labute approximate surface area is 198 Å². The van der Waals surface area contributed by atoms with Crippen LogP contribution in [0.4, 0.5) is 17.6 Å². The number of thiazole rings is 1. The van der Waals surface area contributed by atoms with Crippen LogP contribution in [0, 0.1) is 11.7 Å². The van der Waals surface area contributed by atoms with Crippen LogP contribution in [-0.4, -0.2) is 46.6 Å². The van der Waals surface area contributed by atoms with Gasteiger partial charge in [0, 0.05) is 43.4 Å². The van der Waals surface area contributed by atoms with E-state index in [4.69, 9.17) is 4.74 Å². The van der Waals surface area contributed by atoms with Gasteiger partial charge < -0.3 is 10.1 Å². The number of alkyl halides is 3. The van der Waals surface area contributed by atoms with Crippen LogP contribution in [-0.2, 0) is 22.5 Å². The van der Waals surface area contributed by atoms with Crippen LogP contribution >= 0.6 is 11.3 Å². The van der Waals surface area contributed by atoms with Crippen molar-refractivity contribution in [1.82, 2.24) is 20.1 Å². The van der Waals surface area contributed by atoms with Crippen LogP contribution in [0.5, 0.6) is 0 Å². The number of aromatic nitrogens is 3. The minimum Gasteiger partial charge on any atom is -0.381 e. The Balaban J connectivity index is 1.49. The number of ether oxygens (including phenoxy) is 1. The average Bonchev–Trinajstić information content (AvgIpc) is 3.44. The molecule has 4 rings (SSSR count). The van der Waals surface area contributed by atoms with Crippen molar-refractivity contribution in [2.24, 2.45) is 5.92 Å². The fourth-order valence-electron chi connectivity index (χ4n) is 3.70. The number of carbonyl (C=O) groups excluding carboxylic acids is 1. The largest absolute Gasteiger partial charge is 0.390 e. The molecule has 1 amide bonds. The van der Waals surface area contributed by atoms with Gasteiger partial charge in [-0.3, -0.25) is 9.48 Å². The maximum atomic E-state index is 13.4. The lowest BCUT2D eigenvalue weighted by atomic mass is 10.0. The summed E-state index contributed by atoms with van der Waals surface area (Å²) in [7, 11) is 0. The molecular formula is C23H24F4N4O2S. The van der Waals surface area contributed by atoms with Gasteiger partial charge in [-0.1, -0.05) is 0 Å². The van der Waals surface area contributed by atoms with E-state index >= 15 is 0 Å². The molecule has 0 bridgehead atoms. The van der Waals surface area contributed by atoms with Gasteiger partial charge >= 0.3 is 6.18 Å². The zero-order chi connectivity index (χ0) is 24.1. The summed E-state index contributed by atoms with van der Waals surface area (Å²) in [4.78, 5) is 16.9. The molecule has 1 aromatic carbocycles. The highest BCUT2D eigenvalue weighted by Gasteiger charge is 2.27. The lowest BCUT2D eigenvalue weighted by molar-refractivity contribution is -0.137. The van der Waals surface area contributed by atoms with E-state index in [1.165, 1.54) is 46.5 Å². The molecular weight excluding hydrogens is 472 g/mol. The average molecular weight is 497 g/mol. The second-order valence-corrected chi connectivity index (χ2v) is 9.07. The number of nitrogens with zero attached hydrogens (tertiary/aromatic N) is 3. The van der Waals surface area contributed by atoms with Gasteiger partial charge in [0.2, 0.25) is 5.91 Å². The topological polar surface area (TPSA) is 69.0 Å². The lowest BCUT2D eigenvalue weighted by Crippen LogP contribution is -2.33. The molecule has 0 radical (unpaired) electrons. The first-order chi connectivity index (χ1) is 16.3. The number of halogens is 4. The van der Waals surface area contributed by atoms with E-state index in [0.717, 1.165) is 12.8 Å². The summed E-state index contributed by atoms with van der Waals surface area (Å²) in [6, 6.07) is 5.58. The highest BCUT2D eigenvalue weighted by molar-refractivity contribution is 7.13. The molecule has 34 heavy (non-hydrogen) atoms. The van der Waals surface area contributed by atoms with Gasteiger partial charge in [0.25, 0.3) is 0 Å². The predicted molar refractivity (Wildman–Crippen MR) is 120 cm³/mol. The van der Waals surface area contributed by atoms with Crippen molar-refractivity contribution in [3.63, 3.8) is 0 Å². The first kappa shape index (κ1) is 24.3. The van der Waals surface area contributed by atoms with Crippen LogP contribution in [0.15, 0.2) is 35.8 Å². The van der Waals surface area contributed by atoms with Crippen LogP contribution in [0.3, 0.4) is 0 Å². The van der Waals surface area contributed by atoms with Gasteiger partial charge in [-0.15, -0.1) is 11.3 Å². The number of aryl methyl sites for hydroxylation is 1. The summed E-state index contributed by atoms with van der Waals surface area (Å²) in [5.74, 6) is -0.155. The summed E-state index contributed by atoms with van der Waals surface area (Å²) in [6.07, 6.45) is -1.87. The van der Waals surface area contributed by atoms with Gasteiger partial charge in [0.1, 0.15) is 16.5 Å². The third kappa shape index (κ3) is 6.63. The minimum atomic E-state index is -4.31. The molecule has 0 unspecified atom stereocenters. The van der Waals surface area contributed by atoms with Gasteiger partial charge in [-0.25, -0.2) is 9.37 Å². The van der Waals surface area contributed by atoms with Crippen molar-refractivity contribution < 1.29 is 27.1 Å². The molecule has 3 aromatic rings. The Morgan fingerprint density at radius 1 is 1.21 bits per heavy atom. The number of amides is 1. The van der Waals surface area contributed by atoms with Crippen molar-refractivity contribution in [3.8, 4) is 21.8 Å². The minimum absolute atomic E-state index is 0.105. The normalized spacial score (nSPS) is 14.9. The Bertz CT molecular complexity index is 1110. The SMILES string of the molecule is O=C(Cc1csc(-c2cn(CCC(F)(F)F)nc2-c2ccc(F)cc2)n1)NCC1CCOCC1. The molecule has 2 aromatic heterocycles. The molecule has 3 heterocycles. The fraction of sp³-hybridized carbons (Fsp3) is 0.435. The Kier molecular flexibility index (Phi) is 7.62. The fourth-order valence-corrected chi connectivity index (χ4v) is 4.53. The molecule has 11 heteroatoms. The van der Waals surface area contributed by atoms with Gasteiger partial charge in [-0.2, -0.15) is 18.3 Å². The van der Waals surface area contributed by atoms with Crippen molar-refractivity contribution in [3.05, 3.63) is 47.4 Å². The molecule has 1 aliphatic heterocycles. The standard InChI is InChI=1S/C23H24F4N4O2S/c24-17-3-1-16(2-4-17)21-19(13-31(30-21)8-7-23(25,26)27)22-29-18(14-34-22)11-20(32)28-12-15-5-9-33-10-6-15/h1-4,13-15H,5-12H2,(H,28,32). The second kappa shape index (κ2) is 10.6. The Hall–Kier alpha value is -2.79. The van der Waals surface area contributed by atoms with Crippen molar-refractivity contribution >= 4 is 17.2 Å². The van der Waals surface area contributed by atoms with E-state index in [1.54, 1.807) is 5.38 Å². The third-order valence-electron chi connectivity index (χ3n) is 5.56. The zero-order valence-electron chi connectivity index (χ0n) is 18.3. The summed E-state index contributed by atoms with van der Waals surface area (Å²) in [5.41, 5.74) is 2.07. The molecule has 6 nitrogen and oxygen atoms in total. The van der Waals surface area contributed by atoms with Gasteiger partial charge in [0.05, 0.1) is 24.1 Å². The first-order valence-electron chi connectivity index (χ1n) is 11.0. The van der Waals surface area contributed by atoms with Gasteiger partial charge in [0.15, 0.2) is 0 Å². The highest BCUT2D eigenvalue weighted by atomic mass is 32.1. The number of nitrogens with one attached hydrogen (secondary N) is 1. The molecule has 0 saturated carbocycles. The summed E-state index contributed by atoms with van der Waals surface area (Å²) < 4.78 is 58.1. The van der Waals surface area contributed by atoms with E-state index in [0.29, 0.717) is 53.2 Å². The number of rotatable bonds is 8. The molecule has 1 fully saturated rings. The quantitative estimate of drug-likeness (QED) is 0.453.